The van der Waals surface area contributed by atoms with Gasteiger partial charge in [-0.05, 0) is 51.6 Å². The summed E-state index contributed by atoms with van der Waals surface area (Å²) in [5.41, 5.74) is -1.32. The molecule has 2 fully saturated rings. The van der Waals surface area contributed by atoms with Gasteiger partial charge in [0.1, 0.15) is 5.54 Å². The summed E-state index contributed by atoms with van der Waals surface area (Å²) in [6, 6.07) is 0. The van der Waals surface area contributed by atoms with Crippen LogP contribution in [-0.4, -0.2) is 47.1 Å². The number of carboxylic acids is 1. The highest BCUT2D eigenvalue weighted by Crippen LogP contribution is 2.41. The first-order chi connectivity index (χ1) is 9.52. The van der Waals surface area contributed by atoms with Gasteiger partial charge in [0.25, 0.3) is 0 Å². The van der Waals surface area contributed by atoms with Crippen LogP contribution in [0.25, 0.3) is 0 Å². The molecule has 0 aromatic heterocycles. The Morgan fingerprint density at radius 1 is 1.15 bits per heavy atom. The normalized spacial score (nSPS) is 29.4. The third kappa shape index (κ3) is 2.22. The number of hydrogen-bond donors (Lipinski definition) is 2. The van der Waals surface area contributed by atoms with Gasteiger partial charge in [-0.3, -0.25) is 4.79 Å². The lowest BCUT2D eigenvalue weighted by molar-refractivity contribution is -0.162. The summed E-state index contributed by atoms with van der Waals surface area (Å²) in [6.45, 7) is 6.21. The minimum Gasteiger partial charge on any atom is -0.479 e. The van der Waals surface area contributed by atoms with E-state index in [0.29, 0.717) is 19.4 Å². The molecule has 2 aliphatic rings. The SMILES string of the molecule is CCC1(C(=O)N2CCCC2(CC)C(=O)O)CCNCC1. The van der Waals surface area contributed by atoms with E-state index in [1.807, 2.05) is 13.8 Å². The summed E-state index contributed by atoms with van der Waals surface area (Å²) >= 11 is 0. The van der Waals surface area contributed by atoms with E-state index in [1.54, 1.807) is 4.90 Å². The van der Waals surface area contributed by atoms with Crippen LogP contribution in [0, 0.1) is 5.41 Å². The molecule has 2 heterocycles. The van der Waals surface area contributed by atoms with E-state index in [9.17, 15) is 14.7 Å². The summed E-state index contributed by atoms with van der Waals surface area (Å²) in [5, 5.41) is 12.9. The van der Waals surface area contributed by atoms with Crippen molar-refractivity contribution < 1.29 is 14.7 Å². The maximum Gasteiger partial charge on any atom is 0.329 e. The van der Waals surface area contributed by atoms with Crippen LogP contribution in [0.2, 0.25) is 0 Å². The van der Waals surface area contributed by atoms with Crippen molar-refractivity contribution in [2.45, 2.75) is 57.9 Å². The lowest BCUT2D eigenvalue weighted by Crippen LogP contribution is -2.58. The van der Waals surface area contributed by atoms with Crippen molar-refractivity contribution in [3.05, 3.63) is 0 Å². The summed E-state index contributed by atoms with van der Waals surface area (Å²) < 4.78 is 0. The Kier molecular flexibility index (Phi) is 4.37. The van der Waals surface area contributed by atoms with Gasteiger partial charge >= 0.3 is 5.97 Å². The monoisotopic (exact) mass is 282 g/mol. The molecule has 114 valence electrons. The number of likely N-dealkylation sites (tertiary alicyclic amines) is 1. The summed E-state index contributed by atoms with van der Waals surface area (Å²) in [5.74, 6) is -0.769. The topological polar surface area (TPSA) is 69.6 Å². The molecule has 20 heavy (non-hydrogen) atoms. The number of carbonyl (C=O) groups is 2. The maximum atomic E-state index is 13.1. The van der Waals surface area contributed by atoms with Gasteiger partial charge in [-0.2, -0.15) is 0 Å². The number of carbonyl (C=O) groups excluding carboxylic acids is 1. The number of amides is 1. The van der Waals surface area contributed by atoms with Gasteiger partial charge in [-0.15, -0.1) is 0 Å². The molecule has 2 saturated heterocycles. The molecule has 2 rings (SSSR count). The molecule has 0 bridgehead atoms. The molecule has 2 aliphatic heterocycles. The maximum absolute atomic E-state index is 13.1. The van der Waals surface area contributed by atoms with Crippen LogP contribution < -0.4 is 5.32 Å². The Balaban J connectivity index is 2.28. The second-order valence-corrected chi connectivity index (χ2v) is 6.13. The average molecular weight is 282 g/mol. The zero-order valence-electron chi connectivity index (χ0n) is 12.6. The van der Waals surface area contributed by atoms with Crippen molar-refractivity contribution in [1.82, 2.24) is 10.2 Å². The Morgan fingerprint density at radius 2 is 1.80 bits per heavy atom. The third-order valence-corrected chi connectivity index (χ3v) is 5.41. The lowest BCUT2D eigenvalue weighted by Gasteiger charge is -2.43. The van der Waals surface area contributed by atoms with Crippen LogP contribution in [0.5, 0.6) is 0 Å². The van der Waals surface area contributed by atoms with Crippen LogP contribution in [-0.2, 0) is 9.59 Å². The predicted molar refractivity (Wildman–Crippen MR) is 76.4 cm³/mol. The van der Waals surface area contributed by atoms with E-state index < -0.39 is 11.5 Å². The van der Waals surface area contributed by atoms with Crippen molar-refractivity contribution in [2.75, 3.05) is 19.6 Å². The van der Waals surface area contributed by atoms with Gasteiger partial charge in [0.2, 0.25) is 5.91 Å². The molecular formula is C15H26N2O3. The highest BCUT2D eigenvalue weighted by atomic mass is 16.4. The molecule has 0 aromatic carbocycles. The van der Waals surface area contributed by atoms with Crippen LogP contribution in [0.15, 0.2) is 0 Å². The van der Waals surface area contributed by atoms with E-state index in [1.165, 1.54) is 0 Å². The fraction of sp³-hybridized carbons (Fsp3) is 0.867. The number of hydrogen-bond acceptors (Lipinski definition) is 3. The van der Waals surface area contributed by atoms with Crippen molar-refractivity contribution in [1.29, 1.82) is 0 Å². The van der Waals surface area contributed by atoms with E-state index in [0.717, 1.165) is 38.8 Å². The molecule has 1 amide bonds. The zero-order valence-corrected chi connectivity index (χ0v) is 12.6. The van der Waals surface area contributed by atoms with E-state index in [-0.39, 0.29) is 11.3 Å². The van der Waals surface area contributed by atoms with Crippen molar-refractivity contribution in [2.24, 2.45) is 5.41 Å². The average Bonchev–Trinajstić information content (AvgIpc) is 2.92. The predicted octanol–water partition coefficient (Wildman–Crippen LogP) is 1.62. The smallest absolute Gasteiger partial charge is 0.329 e. The Bertz CT molecular complexity index is 391. The zero-order chi connectivity index (χ0) is 14.8. The fourth-order valence-corrected chi connectivity index (χ4v) is 3.83. The van der Waals surface area contributed by atoms with E-state index >= 15 is 0 Å². The largest absolute Gasteiger partial charge is 0.479 e. The van der Waals surface area contributed by atoms with Crippen molar-refractivity contribution in [3.63, 3.8) is 0 Å². The second kappa shape index (κ2) is 5.72. The molecule has 0 radical (unpaired) electrons. The van der Waals surface area contributed by atoms with Gasteiger partial charge in [0.15, 0.2) is 0 Å². The Labute approximate surface area is 120 Å². The van der Waals surface area contributed by atoms with Crippen molar-refractivity contribution >= 4 is 11.9 Å². The molecular weight excluding hydrogens is 256 g/mol. The van der Waals surface area contributed by atoms with Crippen LogP contribution >= 0.6 is 0 Å². The van der Waals surface area contributed by atoms with Crippen LogP contribution in [0.4, 0.5) is 0 Å². The Morgan fingerprint density at radius 3 is 2.30 bits per heavy atom. The molecule has 0 aromatic rings. The number of rotatable bonds is 4. The standard InChI is InChI=1S/C15H26N2O3/c1-3-14(7-9-16-10-8-14)12(18)17-11-5-6-15(17,4-2)13(19)20/h16H,3-11H2,1-2H3,(H,19,20). The molecule has 2 N–H and O–H groups in total. The van der Waals surface area contributed by atoms with Gasteiger partial charge < -0.3 is 15.3 Å². The molecule has 0 aliphatic carbocycles. The number of aliphatic carboxylic acids is 1. The second-order valence-electron chi connectivity index (χ2n) is 6.13. The molecule has 0 spiro atoms. The highest BCUT2D eigenvalue weighted by Gasteiger charge is 2.53. The van der Waals surface area contributed by atoms with E-state index in [4.69, 9.17) is 0 Å². The third-order valence-electron chi connectivity index (χ3n) is 5.41. The molecule has 5 nitrogen and oxygen atoms in total. The first-order valence-corrected chi connectivity index (χ1v) is 7.78. The van der Waals surface area contributed by atoms with Crippen LogP contribution in [0.1, 0.15) is 52.4 Å². The minimum atomic E-state index is -0.968. The van der Waals surface area contributed by atoms with Crippen molar-refractivity contribution in [3.8, 4) is 0 Å². The quantitative estimate of drug-likeness (QED) is 0.822. The van der Waals surface area contributed by atoms with Gasteiger partial charge in [0.05, 0.1) is 5.41 Å². The molecule has 0 saturated carbocycles. The minimum absolute atomic E-state index is 0.0725. The Hall–Kier alpha value is -1.10. The van der Waals surface area contributed by atoms with Crippen LogP contribution in [0.3, 0.4) is 0 Å². The fourth-order valence-electron chi connectivity index (χ4n) is 3.83. The molecule has 5 heteroatoms. The van der Waals surface area contributed by atoms with E-state index in [2.05, 4.69) is 5.32 Å². The number of piperidine rings is 1. The first kappa shape index (κ1) is 15.3. The summed E-state index contributed by atoms with van der Waals surface area (Å²) in [4.78, 5) is 26.5. The first-order valence-electron chi connectivity index (χ1n) is 7.78. The van der Waals surface area contributed by atoms with Gasteiger partial charge in [-0.25, -0.2) is 4.79 Å². The number of carboxylic acid groups (broad SMARTS) is 1. The number of nitrogens with zero attached hydrogens (tertiary/aromatic N) is 1. The van der Waals surface area contributed by atoms with Gasteiger partial charge in [0, 0.05) is 6.54 Å². The summed E-state index contributed by atoms with van der Waals surface area (Å²) in [6.07, 6.45) is 4.30. The molecule has 1 unspecified atom stereocenters. The molecule has 1 atom stereocenters. The lowest BCUT2D eigenvalue weighted by atomic mass is 9.74. The number of nitrogens with one attached hydrogen (secondary N) is 1. The van der Waals surface area contributed by atoms with Gasteiger partial charge in [-0.1, -0.05) is 13.8 Å². The summed E-state index contributed by atoms with van der Waals surface area (Å²) in [7, 11) is 0. The highest BCUT2D eigenvalue weighted by molar-refractivity contribution is 5.90.